The number of nitrogens with one attached hydrogen (secondary N) is 1. The van der Waals surface area contributed by atoms with Gasteiger partial charge in [-0.25, -0.2) is 0 Å². The van der Waals surface area contributed by atoms with Gasteiger partial charge in [0.05, 0.1) is 20.8 Å². The Balaban J connectivity index is 1.78. The summed E-state index contributed by atoms with van der Waals surface area (Å²) in [5, 5.41) is 0. The Hall–Kier alpha value is -1.94. The zero-order valence-electron chi connectivity index (χ0n) is 12.9. The van der Waals surface area contributed by atoms with E-state index in [1.54, 1.807) is 14.2 Å². The lowest BCUT2D eigenvalue weighted by atomic mass is 9.98. The Labute approximate surface area is 125 Å². The molecule has 1 unspecified atom stereocenters. The van der Waals surface area contributed by atoms with Crippen molar-refractivity contribution in [3.8, 4) is 11.5 Å². The van der Waals surface area contributed by atoms with Crippen LogP contribution in [0.3, 0.4) is 0 Å². The van der Waals surface area contributed by atoms with Gasteiger partial charge in [0, 0.05) is 12.0 Å². The third kappa shape index (κ3) is 2.90. The van der Waals surface area contributed by atoms with Crippen molar-refractivity contribution < 1.29 is 18.8 Å². The Morgan fingerprint density at radius 1 is 1.10 bits per heavy atom. The highest BCUT2D eigenvalue weighted by Crippen LogP contribution is 2.31. The number of ether oxygens (including phenoxy) is 2. The predicted molar refractivity (Wildman–Crippen MR) is 79.9 cm³/mol. The fourth-order valence-corrected chi connectivity index (χ4v) is 3.01. The molecule has 2 heterocycles. The van der Waals surface area contributed by atoms with E-state index in [0.717, 1.165) is 49.1 Å². The molecular weight excluding hydrogens is 266 g/mol. The topological polar surface area (TPSA) is 36.0 Å². The van der Waals surface area contributed by atoms with Gasteiger partial charge in [0.25, 0.3) is 0 Å². The lowest BCUT2D eigenvalue weighted by Crippen LogP contribution is -3.10. The van der Waals surface area contributed by atoms with Crippen LogP contribution >= 0.6 is 0 Å². The summed E-state index contributed by atoms with van der Waals surface area (Å²) < 4.78 is 16.5. The quantitative estimate of drug-likeness (QED) is 0.931. The van der Waals surface area contributed by atoms with Crippen molar-refractivity contribution in [2.75, 3.05) is 20.8 Å². The van der Waals surface area contributed by atoms with E-state index in [2.05, 4.69) is 18.2 Å². The second kappa shape index (κ2) is 5.82. The molecule has 1 aromatic heterocycles. The normalized spacial score (nSPS) is 17.4. The van der Waals surface area contributed by atoms with Crippen LogP contribution in [-0.4, -0.2) is 20.8 Å². The number of aryl methyl sites for hydroxylation is 1. The maximum atomic E-state index is 5.69. The number of benzene rings is 1. The first-order chi connectivity index (χ1) is 10.2. The molecule has 0 spiro atoms. The summed E-state index contributed by atoms with van der Waals surface area (Å²) >= 11 is 0. The number of furan rings is 1. The molecule has 21 heavy (non-hydrogen) atoms. The van der Waals surface area contributed by atoms with Crippen molar-refractivity contribution in [2.45, 2.75) is 26.4 Å². The summed E-state index contributed by atoms with van der Waals surface area (Å²) in [7, 11) is 3.37. The Morgan fingerprint density at radius 3 is 2.43 bits per heavy atom. The second-order valence-electron chi connectivity index (χ2n) is 5.59. The molecular formula is C17H22NO3+. The first kappa shape index (κ1) is 14.0. The zero-order valence-corrected chi connectivity index (χ0v) is 12.9. The third-order valence-electron chi connectivity index (χ3n) is 4.11. The number of rotatable bonds is 4. The van der Waals surface area contributed by atoms with E-state index in [-0.39, 0.29) is 0 Å². The van der Waals surface area contributed by atoms with Crippen molar-refractivity contribution >= 4 is 0 Å². The minimum Gasteiger partial charge on any atom is -0.493 e. The minimum atomic E-state index is 0.811. The van der Waals surface area contributed by atoms with Crippen LogP contribution in [0.1, 0.15) is 22.6 Å². The number of hydrogen-bond donors (Lipinski definition) is 1. The fourth-order valence-electron chi connectivity index (χ4n) is 3.01. The fraction of sp³-hybridized carbons (Fsp3) is 0.412. The lowest BCUT2D eigenvalue weighted by Gasteiger charge is -2.26. The van der Waals surface area contributed by atoms with Crippen LogP contribution in [0, 0.1) is 6.92 Å². The molecule has 1 aliphatic rings. The summed E-state index contributed by atoms with van der Waals surface area (Å²) in [5.41, 5.74) is 2.71. The molecule has 1 aromatic carbocycles. The van der Waals surface area contributed by atoms with Crippen molar-refractivity contribution in [1.82, 2.24) is 0 Å². The number of hydrogen-bond acceptors (Lipinski definition) is 3. The van der Waals surface area contributed by atoms with Crippen LogP contribution in [0.4, 0.5) is 0 Å². The molecule has 4 nitrogen and oxygen atoms in total. The van der Waals surface area contributed by atoms with E-state index < -0.39 is 0 Å². The molecule has 4 heteroatoms. The van der Waals surface area contributed by atoms with Crippen molar-refractivity contribution in [3.05, 3.63) is 46.9 Å². The highest BCUT2D eigenvalue weighted by atomic mass is 16.5. The molecule has 1 atom stereocenters. The lowest BCUT2D eigenvalue weighted by molar-refractivity contribution is -0.930. The van der Waals surface area contributed by atoms with E-state index in [1.807, 2.05) is 13.0 Å². The monoisotopic (exact) mass is 288 g/mol. The summed E-state index contributed by atoms with van der Waals surface area (Å²) in [4.78, 5) is 1.52. The maximum Gasteiger partial charge on any atom is 0.161 e. The standard InChI is InChI=1S/C17H21NO3/c1-12-4-5-15(21-12)11-18-7-6-13-8-16(19-2)17(20-3)9-14(13)10-18/h4-5,8-9H,6-7,10-11H2,1-3H3/p+1. The Bertz CT molecular complexity index is 633. The predicted octanol–water partition coefficient (Wildman–Crippen LogP) is 1.75. The summed E-state index contributed by atoms with van der Waals surface area (Å²) in [6.07, 6.45) is 1.06. The third-order valence-corrected chi connectivity index (χ3v) is 4.11. The molecule has 0 amide bonds. The Morgan fingerprint density at radius 2 is 1.81 bits per heavy atom. The molecule has 0 saturated carbocycles. The van der Waals surface area contributed by atoms with Gasteiger partial charge in [-0.1, -0.05) is 0 Å². The molecule has 0 aliphatic carbocycles. The van der Waals surface area contributed by atoms with E-state index in [0.29, 0.717) is 0 Å². The molecule has 2 aromatic rings. The molecule has 112 valence electrons. The van der Waals surface area contributed by atoms with Gasteiger partial charge in [0.1, 0.15) is 18.8 Å². The largest absolute Gasteiger partial charge is 0.493 e. The summed E-state index contributed by atoms with van der Waals surface area (Å²) in [6.45, 7) is 5.03. The van der Waals surface area contributed by atoms with Crippen LogP contribution in [0.25, 0.3) is 0 Å². The van der Waals surface area contributed by atoms with Gasteiger partial charge in [-0.3, -0.25) is 0 Å². The van der Waals surface area contributed by atoms with Crippen LogP contribution in [0.15, 0.2) is 28.7 Å². The minimum absolute atomic E-state index is 0.811. The second-order valence-corrected chi connectivity index (χ2v) is 5.59. The average Bonchev–Trinajstić information content (AvgIpc) is 2.90. The summed E-state index contributed by atoms with van der Waals surface area (Å²) in [6, 6.07) is 8.33. The molecule has 3 rings (SSSR count). The van der Waals surface area contributed by atoms with Crippen LogP contribution in [0.5, 0.6) is 11.5 Å². The molecule has 0 fully saturated rings. The van der Waals surface area contributed by atoms with Gasteiger partial charge >= 0.3 is 0 Å². The van der Waals surface area contributed by atoms with E-state index in [9.17, 15) is 0 Å². The highest BCUT2D eigenvalue weighted by Gasteiger charge is 2.23. The van der Waals surface area contributed by atoms with Crippen molar-refractivity contribution in [1.29, 1.82) is 0 Å². The van der Waals surface area contributed by atoms with Gasteiger partial charge in [-0.15, -0.1) is 0 Å². The molecule has 1 aliphatic heterocycles. The molecule has 0 radical (unpaired) electrons. The van der Waals surface area contributed by atoms with Crippen LogP contribution in [-0.2, 0) is 19.5 Å². The van der Waals surface area contributed by atoms with Crippen LogP contribution < -0.4 is 14.4 Å². The van der Waals surface area contributed by atoms with Gasteiger partial charge < -0.3 is 18.8 Å². The summed E-state index contributed by atoms with van der Waals surface area (Å²) in [5.74, 6) is 3.67. The SMILES string of the molecule is COc1cc2c(cc1OC)C[NH+](Cc1ccc(C)o1)CC2. The van der Waals surface area contributed by atoms with E-state index >= 15 is 0 Å². The van der Waals surface area contributed by atoms with Crippen molar-refractivity contribution in [2.24, 2.45) is 0 Å². The smallest absolute Gasteiger partial charge is 0.161 e. The molecule has 1 N–H and O–H groups in total. The van der Waals surface area contributed by atoms with Crippen LogP contribution in [0.2, 0.25) is 0 Å². The van der Waals surface area contributed by atoms with E-state index in [1.165, 1.54) is 16.0 Å². The van der Waals surface area contributed by atoms with E-state index in [4.69, 9.17) is 13.9 Å². The maximum absolute atomic E-state index is 5.69. The van der Waals surface area contributed by atoms with Gasteiger partial charge in [-0.05, 0) is 36.8 Å². The number of quaternary nitrogens is 1. The highest BCUT2D eigenvalue weighted by molar-refractivity contribution is 5.47. The first-order valence-corrected chi connectivity index (χ1v) is 7.32. The number of methoxy groups -OCH3 is 2. The molecule has 0 saturated heterocycles. The van der Waals surface area contributed by atoms with Crippen molar-refractivity contribution in [3.63, 3.8) is 0 Å². The van der Waals surface area contributed by atoms with Gasteiger partial charge in [-0.2, -0.15) is 0 Å². The number of fused-ring (bicyclic) bond motifs is 1. The van der Waals surface area contributed by atoms with Gasteiger partial charge in [0.15, 0.2) is 17.3 Å². The average molecular weight is 288 g/mol. The first-order valence-electron chi connectivity index (χ1n) is 7.32. The Kier molecular flexibility index (Phi) is 3.88. The van der Waals surface area contributed by atoms with Gasteiger partial charge in [0.2, 0.25) is 0 Å². The zero-order chi connectivity index (χ0) is 14.8. The molecule has 0 bridgehead atoms.